The monoisotopic (exact) mass is 340 g/mol. The summed E-state index contributed by atoms with van der Waals surface area (Å²) < 4.78 is 1.05. The zero-order valence-electron chi connectivity index (χ0n) is 11.7. The highest BCUT2D eigenvalue weighted by molar-refractivity contribution is 9.10. The first kappa shape index (κ1) is 15.3. The molecule has 1 aliphatic carbocycles. The van der Waals surface area contributed by atoms with Crippen LogP contribution in [0.25, 0.3) is 0 Å². The summed E-state index contributed by atoms with van der Waals surface area (Å²) in [5.74, 6) is 0. The number of carbonyl (C=O) groups excluding carboxylic acids is 1. The largest absolute Gasteiger partial charge is 0.396 e. The second-order valence-corrected chi connectivity index (χ2v) is 6.63. The van der Waals surface area contributed by atoms with E-state index in [2.05, 4.69) is 26.6 Å². The van der Waals surface area contributed by atoms with Gasteiger partial charge in [0, 0.05) is 22.5 Å². The lowest BCUT2D eigenvalue weighted by Gasteiger charge is -2.17. The number of aliphatic hydroxyl groups excluding tert-OH is 1. The number of halogens is 1. The fourth-order valence-corrected chi connectivity index (χ4v) is 2.40. The number of benzene rings is 1. The second kappa shape index (κ2) is 6.59. The van der Waals surface area contributed by atoms with Gasteiger partial charge in [-0.1, -0.05) is 28.1 Å². The summed E-state index contributed by atoms with van der Waals surface area (Å²) in [6, 6.07) is 8.01. The van der Waals surface area contributed by atoms with Crippen LogP contribution in [0.3, 0.4) is 0 Å². The zero-order valence-corrected chi connectivity index (χ0v) is 13.2. The number of hydrogen-bond donors (Lipinski definition) is 3. The number of hydrogen-bond acceptors (Lipinski definition) is 2. The number of nitrogens with one attached hydrogen (secondary N) is 2. The Morgan fingerprint density at radius 2 is 2.05 bits per heavy atom. The fourth-order valence-electron chi connectivity index (χ4n) is 2.14. The molecule has 0 aliphatic heterocycles. The Hall–Kier alpha value is -1.07. The molecule has 1 saturated carbocycles. The third kappa shape index (κ3) is 4.49. The molecule has 2 amide bonds. The van der Waals surface area contributed by atoms with Crippen molar-refractivity contribution < 1.29 is 9.90 Å². The SMILES string of the molecule is C[C@H](Cc1ccc(Br)cc1)NC(=O)NCC1(CO)CC1. The predicted molar refractivity (Wildman–Crippen MR) is 82.6 cm³/mol. The molecule has 0 bridgehead atoms. The first-order valence-corrected chi connectivity index (χ1v) is 7.72. The first-order chi connectivity index (χ1) is 9.53. The van der Waals surface area contributed by atoms with Crippen molar-refractivity contribution in [2.24, 2.45) is 5.41 Å². The molecule has 5 heteroatoms. The molecule has 1 fully saturated rings. The number of urea groups is 1. The van der Waals surface area contributed by atoms with Crippen molar-refractivity contribution in [1.29, 1.82) is 0 Å². The summed E-state index contributed by atoms with van der Waals surface area (Å²) in [6.07, 6.45) is 2.79. The molecule has 4 nitrogen and oxygen atoms in total. The Morgan fingerprint density at radius 1 is 1.40 bits per heavy atom. The standard InChI is InChI=1S/C15H21BrN2O2/c1-11(8-12-2-4-13(16)5-3-12)18-14(20)17-9-15(10-19)6-7-15/h2-5,11,19H,6-10H2,1H3,(H2,17,18,20)/t11-/m1/s1. The van der Waals surface area contributed by atoms with E-state index in [-0.39, 0.29) is 24.1 Å². The highest BCUT2D eigenvalue weighted by Gasteiger charge is 2.42. The van der Waals surface area contributed by atoms with Gasteiger partial charge in [0.15, 0.2) is 0 Å². The lowest BCUT2D eigenvalue weighted by atomic mass is 10.1. The van der Waals surface area contributed by atoms with Gasteiger partial charge >= 0.3 is 6.03 Å². The van der Waals surface area contributed by atoms with Crippen molar-refractivity contribution in [3.8, 4) is 0 Å². The van der Waals surface area contributed by atoms with E-state index in [1.807, 2.05) is 31.2 Å². The number of rotatable bonds is 6. The molecule has 20 heavy (non-hydrogen) atoms. The van der Waals surface area contributed by atoms with Crippen LogP contribution >= 0.6 is 15.9 Å². The zero-order chi connectivity index (χ0) is 14.6. The second-order valence-electron chi connectivity index (χ2n) is 5.72. The minimum atomic E-state index is -0.158. The van der Waals surface area contributed by atoms with Gasteiger partial charge in [-0.15, -0.1) is 0 Å². The molecule has 1 atom stereocenters. The Bertz CT molecular complexity index is 457. The van der Waals surface area contributed by atoms with Crippen LogP contribution in [0.2, 0.25) is 0 Å². The van der Waals surface area contributed by atoms with Crippen molar-refractivity contribution in [1.82, 2.24) is 10.6 Å². The molecule has 1 aromatic rings. The average molecular weight is 341 g/mol. The van der Waals surface area contributed by atoms with Crippen LogP contribution in [0.4, 0.5) is 4.79 Å². The summed E-state index contributed by atoms with van der Waals surface area (Å²) >= 11 is 3.40. The van der Waals surface area contributed by atoms with E-state index in [9.17, 15) is 9.90 Å². The van der Waals surface area contributed by atoms with Crippen molar-refractivity contribution >= 4 is 22.0 Å². The Balaban J connectivity index is 1.72. The summed E-state index contributed by atoms with van der Waals surface area (Å²) in [6.45, 7) is 2.70. The van der Waals surface area contributed by atoms with Crippen molar-refractivity contribution in [2.45, 2.75) is 32.2 Å². The van der Waals surface area contributed by atoms with Crippen LogP contribution < -0.4 is 10.6 Å². The van der Waals surface area contributed by atoms with Gasteiger partial charge in [0.05, 0.1) is 6.61 Å². The van der Waals surface area contributed by atoms with E-state index in [1.54, 1.807) is 0 Å². The highest BCUT2D eigenvalue weighted by atomic mass is 79.9. The molecule has 0 saturated heterocycles. The van der Waals surface area contributed by atoms with Gasteiger partial charge in [-0.25, -0.2) is 4.79 Å². The minimum absolute atomic E-state index is 0.0493. The van der Waals surface area contributed by atoms with E-state index >= 15 is 0 Å². The third-order valence-corrected chi connectivity index (χ3v) is 4.28. The quantitative estimate of drug-likeness (QED) is 0.744. The minimum Gasteiger partial charge on any atom is -0.396 e. The fraction of sp³-hybridized carbons (Fsp3) is 0.533. The third-order valence-electron chi connectivity index (χ3n) is 3.75. The van der Waals surface area contributed by atoms with Crippen molar-refractivity contribution in [3.63, 3.8) is 0 Å². The number of carbonyl (C=O) groups is 1. The smallest absolute Gasteiger partial charge is 0.315 e. The molecule has 3 N–H and O–H groups in total. The van der Waals surface area contributed by atoms with Gasteiger partial charge in [0.25, 0.3) is 0 Å². The molecule has 110 valence electrons. The molecular weight excluding hydrogens is 320 g/mol. The van der Waals surface area contributed by atoms with Crippen LogP contribution in [0, 0.1) is 5.41 Å². The molecular formula is C15H21BrN2O2. The maximum Gasteiger partial charge on any atom is 0.315 e. The van der Waals surface area contributed by atoms with Gasteiger partial charge in [-0.3, -0.25) is 0 Å². The Labute approximate surface area is 128 Å². The molecule has 0 spiro atoms. The van der Waals surface area contributed by atoms with Gasteiger partial charge in [0.2, 0.25) is 0 Å². The lowest BCUT2D eigenvalue weighted by Crippen LogP contribution is -2.44. The van der Waals surface area contributed by atoms with E-state index < -0.39 is 0 Å². The van der Waals surface area contributed by atoms with E-state index in [0.29, 0.717) is 6.54 Å². The van der Waals surface area contributed by atoms with Gasteiger partial charge in [0.1, 0.15) is 0 Å². The summed E-state index contributed by atoms with van der Waals surface area (Å²) in [7, 11) is 0. The lowest BCUT2D eigenvalue weighted by molar-refractivity contribution is 0.202. The summed E-state index contributed by atoms with van der Waals surface area (Å²) in [5.41, 5.74) is 1.14. The maximum absolute atomic E-state index is 11.8. The molecule has 0 radical (unpaired) electrons. The van der Waals surface area contributed by atoms with Crippen LogP contribution in [0.15, 0.2) is 28.7 Å². The van der Waals surface area contributed by atoms with Crippen molar-refractivity contribution in [2.75, 3.05) is 13.2 Å². The van der Waals surface area contributed by atoms with Crippen molar-refractivity contribution in [3.05, 3.63) is 34.3 Å². The topological polar surface area (TPSA) is 61.4 Å². The Kier molecular flexibility index (Phi) is 5.05. The van der Waals surface area contributed by atoms with E-state index in [4.69, 9.17) is 0 Å². The normalized spacial score (nSPS) is 17.4. The van der Waals surface area contributed by atoms with Gasteiger partial charge < -0.3 is 15.7 Å². The van der Waals surface area contributed by atoms with E-state index in [0.717, 1.165) is 23.7 Å². The van der Waals surface area contributed by atoms with Crippen LogP contribution in [-0.4, -0.2) is 30.3 Å². The molecule has 1 aromatic carbocycles. The van der Waals surface area contributed by atoms with E-state index in [1.165, 1.54) is 5.56 Å². The molecule has 0 aromatic heterocycles. The highest BCUT2D eigenvalue weighted by Crippen LogP contribution is 2.44. The summed E-state index contributed by atoms with van der Waals surface area (Å²) in [4.78, 5) is 11.8. The first-order valence-electron chi connectivity index (χ1n) is 6.93. The number of amides is 2. The Morgan fingerprint density at radius 3 is 2.60 bits per heavy atom. The molecule has 0 heterocycles. The average Bonchev–Trinajstić information content (AvgIpc) is 3.20. The van der Waals surface area contributed by atoms with Crippen LogP contribution in [-0.2, 0) is 6.42 Å². The maximum atomic E-state index is 11.8. The van der Waals surface area contributed by atoms with Crippen LogP contribution in [0.5, 0.6) is 0 Å². The molecule has 1 aliphatic rings. The molecule has 0 unspecified atom stereocenters. The summed E-state index contributed by atoms with van der Waals surface area (Å²) in [5, 5.41) is 15.0. The number of aliphatic hydroxyl groups is 1. The predicted octanol–water partition coefficient (Wildman–Crippen LogP) is 2.45. The van der Waals surface area contributed by atoms with Gasteiger partial charge in [-0.2, -0.15) is 0 Å². The van der Waals surface area contributed by atoms with Crippen LogP contribution in [0.1, 0.15) is 25.3 Å². The molecule has 2 rings (SSSR count). The van der Waals surface area contributed by atoms with Gasteiger partial charge in [-0.05, 0) is 43.9 Å².